The van der Waals surface area contributed by atoms with Gasteiger partial charge in [-0.1, -0.05) is 12.1 Å². The van der Waals surface area contributed by atoms with Gasteiger partial charge in [-0.3, -0.25) is 4.98 Å². The van der Waals surface area contributed by atoms with Gasteiger partial charge in [-0.25, -0.2) is 9.18 Å². The molecule has 2 aromatic rings. The van der Waals surface area contributed by atoms with Crippen LogP contribution in [0.1, 0.15) is 18.9 Å². The van der Waals surface area contributed by atoms with Crippen molar-refractivity contribution in [1.29, 1.82) is 0 Å². The third-order valence-electron chi connectivity index (χ3n) is 3.02. The Morgan fingerprint density at radius 1 is 1.32 bits per heavy atom. The van der Waals surface area contributed by atoms with Gasteiger partial charge in [0.15, 0.2) is 6.10 Å². The Balaban J connectivity index is 1.70. The molecular weight excluding hydrogens is 285 g/mol. The number of aromatic nitrogens is 1. The topological polar surface area (TPSA) is 48.4 Å². The Kier molecular flexibility index (Phi) is 5.89. The van der Waals surface area contributed by atoms with E-state index in [0.29, 0.717) is 18.8 Å². The predicted molar refractivity (Wildman–Crippen MR) is 80.0 cm³/mol. The molecule has 0 N–H and O–H groups in total. The van der Waals surface area contributed by atoms with Crippen LogP contribution in [0, 0.1) is 5.82 Å². The number of ether oxygens (including phenoxy) is 2. The van der Waals surface area contributed by atoms with Crippen molar-refractivity contribution in [3.8, 4) is 5.75 Å². The summed E-state index contributed by atoms with van der Waals surface area (Å²) in [5.74, 6) is -0.565. The Morgan fingerprint density at radius 3 is 2.91 bits per heavy atom. The monoisotopic (exact) mass is 303 g/mol. The molecule has 0 aliphatic carbocycles. The van der Waals surface area contributed by atoms with Crippen LogP contribution in [0.5, 0.6) is 5.75 Å². The number of nitrogens with zero attached hydrogens (tertiary/aromatic N) is 1. The van der Waals surface area contributed by atoms with Crippen molar-refractivity contribution in [2.24, 2.45) is 0 Å². The number of pyridine rings is 1. The lowest BCUT2D eigenvalue weighted by atomic mass is 10.2. The first kappa shape index (κ1) is 15.9. The minimum Gasteiger partial charge on any atom is -0.479 e. The third kappa shape index (κ3) is 5.16. The Hall–Kier alpha value is -2.43. The first-order valence-electron chi connectivity index (χ1n) is 7.13. The van der Waals surface area contributed by atoms with Gasteiger partial charge in [-0.2, -0.15) is 0 Å². The van der Waals surface area contributed by atoms with Crippen molar-refractivity contribution in [3.63, 3.8) is 0 Å². The summed E-state index contributed by atoms with van der Waals surface area (Å²) in [5, 5.41) is 0. The van der Waals surface area contributed by atoms with E-state index in [4.69, 9.17) is 9.47 Å². The van der Waals surface area contributed by atoms with Crippen molar-refractivity contribution in [3.05, 3.63) is 60.2 Å². The molecule has 1 aromatic carbocycles. The second-order valence-electron chi connectivity index (χ2n) is 4.85. The van der Waals surface area contributed by atoms with Crippen LogP contribution in [-0.2, 0) is 16.0 Å². The highest BCUT2D eigenvalue weighted by molar-refractivity contribution is 5.74. The maximum absolute atomic E-state index is 13.0. The van der Waals surface area contributed by atoms with Crippen LogP contribution in [0.4, 0.5) is 4.39 Å². The van der Waals surface area contributed by atoms with Gasteiger partial charge >= 0.3 is 5.97 Å². The van der Waals surface area contributed by atoms with Crippen molar-refractivity contribution < 1.29 is 18.7 Å². The van der Waals surface area contributed by atoms with Gasteiger partial charge in [-0.15, -0.1) is 0 Å². The number of rotatable bonds is 7. The summed E-state index contributed by atoms with van der Waals surface area (Å²) in [6, 6.07) is 9.51. The molecule has 1 atom stereocenters. The van der Waals surface area contributed by atoms with E-state index in [1.165, 1.54) is 18.2 Å². The molecule has 0 radical (unpaired) electrons. The van der Waals surface area contributed by atoms with E-state index in [0.717, 1.165) is 12.0 Å². The number of esters is 1. The third-order valence-corrected chi connectivity index (χ3v) is 3.02. The molecule has 0 saturated carbocycles. The predicted octanol–water partition coefficient (Wildman–Crippen LogP) is 3.16. The first-order valence-corrected chi connectivity index (χ1v) is 7.13. The lowest BCUT2D eigenvalue weighted by Crippen LogP contribution is -2.26. The summed E-state index contributed by atoms with van der Waals surface area (Å²) >= 11 is 0. The average Bonchev–Trinajstić information content (AvgIpc) is 2.52. The number of halogens is 1. The number of carbonyl (C=O) groups excluding carboxylic acids is 1. The highest BCUT2D eigenvalue weighted by atomic mass is 19.1. The highest BCUT2D eigenvalue weighted by Gasteiger charge is 2.16. The largest absolute Gasteiger partial charge is 0.479 e. The molecule has 0 fully saturated rings. The normalized spacial score (nSPS) is 11.7. The van der Waals surface area contributed by atoms with Crippen LogP contribution in [0.3, 0.4) is 0 Å². The molecule has 0 aliphatic rings. The molecule has 116 valence electrons. The van der Waals surface area contributed by atoms with Gasteiger partial charge in [0.2, 0.25) is 0 Å². The van der Waals surface area contributed by atoms with E-state index >= 15 is 0 Å². The van der Waals surface area contributed by atoms with Crippen LogP contribution in [0.25, 0.3) is 0 Å². The first-order chi connectivity index (χ1) is 10.6. The summed E-state index contributed by atoms with van der Waals surface area (Å²) in [6.45, 7) is 1.89. The summed E-state index contributed by atoms with van der Waals surface area (Å²) in [5.41, 5.74) is 1.10. The molecule has 1 heterocycles. The molecule has 0 spiro atoms. The van der Waals surface area contributed by atoms with Crippen LogP contribution >= 0.6 is 0 Å². The van der Waals surface area contributed by atoms with Gasteiger partial charge < -0.3 is 9.47 Å². The van der Waals surface area contributed by atoms with E-state index in [2.05, 4.69) is 4.98 Å². The fraction of sp³-hybridized carbons (Fsp3) is 0.294. The summed E-state index contributed by atoms with van der Waals surface area (Å²) < 4.78 is 23.5. The van der Waals surface area contributed by atoms with E-state index in [1.54, 1.807) is 25.4 Å². The zero-order valence-corrected chi connectivity index (χ0v) is 12.4. The maximum Gasteiger partial charge on any atom is 0.347 e. The maximum atomic E-state index is 13.0. The van der Waals surface area contributed by atoms with Crippen molar-refractivity contribution >= 4 is 5.97 Å². The van der Waals surface area contributed by atoms with Gasteiger partial charge in [-0.05, 0) is 43.5 Å². The lowest BCUT2D eigenvalue weighted by molar-refractivity contribution is -0.151. The van der Waals surface area contributed by atoms with Gasteiger partial charge in [0.1, 0.15) is 11.6 Å². The number of carbonyl (C=O) groups is 1. The van der Waals surface area contributed by atoms with Gasteiger partial charge in [0, 0.05) is 18.5 Å². The molecule has 22 heavy (non-hydrogen) atoms. The molecule has 0 amide bonds. The standard InChI is InChI=1S/C17H18FNO3/c1-13(22-16-8-2-7-15(18)11-16)17(20)21-10-4-6-14-5-3-9-19-12-14/h2-3,5,7-9,11-13H,4,6,10H2,1H3. The minimum atomic E-state index is -0.778. The zero-order valence-electron chi connectivity index (χ0n) is 12.4. The second-order valence-corrected chi connectivity index (χ2v) is 4.85. The highest BCUT2D eigenvalue weighted by Crippen LogP contribution is 2.14. The van der Waals surface area contributed by atoms with Gasteiger partial charge in [0.05, 0.1) is 6.61 Å². The minimum absolute atomic E-state index is 0.305. The Morgan fingerprint density at radius 2 is 2.18 bits per heavy atom. The van der Waals surface area contributed by atoms with E-state index in [1.807, 2.05) is 12.1 Å². The van der Waals surface area contributed by atoms with Crippen molar-refractivity contribution in [2.45, 2.75) is 25.9 Å². The second kappa shape index (κ2) is 8.12. The Labute approximate surface area is 128 Å². The van der Waals surface area contributed by atoms with Crippen LogP contribution < -0.4 is 4.74 Å². The smallest absolute Gasteiger partial charge is 0.347 e. The fourth-order valence-corrected chi connectivity index (χ4v) is 1.90. The molecule has 1 aromatic heterocycles. The molecule has 0 saturated heterocycles. The SMILES string of the molecule is CC(Oc1cccc(F)c1)C(=O)OCCCc1cccnc1. The van der Waals surface area contributed by atoms with E-state index in [9.17, 15) is 9.18 Å². The summed E-state index contributed by atoms with van der Waals surface area (Å²) in [4.78, 5) is 15.8. The number of hydrogen-bond acceptors (Lipinski definition) is 4. The fourth-order valence-electron chi connectivity index (χ4n) is 1.90. The van der Waals surface area contributed by atoms with Crippen LogP contribution in [0.15, 0.2) is 48.8 Å². The van der Waals surface area contributed by atoms with Crippen molar-refractivity contribution in [2.75, 3.05) is 6.61 Å². The number of benzene rings is 1. The van der Waals surface area contributed by atoms with Crippen LogP contribution in [-0.4, -0.2) is 23.7 Å². The molecule has 4 nitrogen and oxygen atoms in total. The molecular formula is C17H18FNO3. The number of hydrogen-bond donors (Lipinski definition) is 0. The van der Waals surface area contributed by atoms with Crippen molar-refractivity contribution in [1.82, 2.24) is 4.98 Å². The Bertz CT molecular complexity index is 604. The van der Waals surface area contributed by atoms with Crippen LogP contribution in [0.2, 0.25) is 0 Å². The van der Waals surface area contributed by atoms with E-state index < -0.39 is 17.9 Å². The molecule has 5 heteroatoms. The van der Waals surface area contributed by atoms with Gasteiger partial charge in [0.25, 0.3) is 0 Å². The molecule has 0 bridgehead atoms. The molecule has 1 unspecified atom stereocenters. The summed E-state index contributed by atoms with van der Waals surface area (Å²) in [7, 11) is 0. The quantitative estimate of drug-likeness (QED) is 0.582. The number of aryl methyl sites for hydroxylation is 1. The average molecular weight is 303 g/mol. The molecule has 0 aliphatic heterocycles. The lowest BCUT2D eigenvalue weighted by Gasteiger charge is -2.14. The molecule has 2 rings (SSSR count). The van der Waals surface area contributed by atoms with E-state index in [-0.39, 0.29) is 0 Å². The summed E-state index contributed by atoms with van der Waals surface area (Å²) in [6.07, 6.45) is 4.23. The zero-order chi connectivity index (χ0) is 15.8.